The van der Waals surface area contributed by atoms with Crippen LogP contribution in [0.4, 0.5) is 0 Å². The lowest BCUT2D eigenvalue weighted by Gasteiger charge is -2.30. The highest BCUT2D eigenvalue weighted by atomic mass is 35.5. The van der Waals surface area contributed by atoms with Gasteiger partial charge in [-0.25, -0.2) is 4.99 Å². The molecule has 0 radical (unpaired) electrons. The number of fused-ring (bicyclic) bond motifs is 16. The summed E-state index contributed by atoms with van der Waals surface area (Å²) >= 11 is 10.8. The van der Waals surface area contributed by atoms with Crippen molar-refractivity contribution >= 4 is 120 Å². The summed E-state index contributed by atoms with van der Waals surface area (Å²) in [5, 5.41) is 12.6. The fourth-order valence-electron chi connectivity index (χ4n) is 9.22. The van der Waals surface area contributed by atoms with Crippen molar-refractivity contribution in [3.8, 4) is 5.69 Å². The smallest absolute Gasteiger partial charge is 0.198 e. The molecule has 3 aromatic heterocycles. The van der Waals surface area contributed by atoms with Crippen LogP contribution in [0.3, 0.4) is 0 Å². The Balaban J connectivity index is 1.28. The third-order valence-electron chi connectivity index (χ3n) is 11.5. The molecule has 252 valence electrons. The Kier molecular flexibility index (Phi) is 6.25. The number of rotatable bonds is 2. The maximum absolute atomic E-state index is 7.03. The molecule has 0 fully saturated rings. The minimum atomic E-state index is -0.488. The Morgan fingerprint density at radius 1 is 0.679 bits per heavy atom. The molecule has 0 saturated carbocycles. The molecule has 1 atom stereocenters. The zero-order valence-electron chi connectivity index (χ0n) is 28.7. The third kappa shape index (κ3) is 4.02. The van der Waals surface area contributed by atoms with Gasteiger partial charge in [0, 0.05) is 59.0 Å². The summed E-state index contributed by atoms with van der Waals surface area (Å²) in [4.78, 5) is 7.14. The molecule has 1 aliphatic heterocycles. The van der Waals surface area contributed by atoms with E-state index in [9.17, 15) is 0 Å². The molecule has 0 bridgehead atoms. The first-order chi connectivity index (χ1) is 26.2. The van der Waals surface area contributed by atoms with E-state index in [0.717, 1.165) is 23.9 Å². The van der Waals surface area contributed by atoms with Gasteiger partial charge in [0.05, 0.1) is 32.3 Å². The quantitative estimate of drug-likeness (QED) is 0.128. The number of aromatic nitrogens is 1. The van der Waals surface area contributed by atoms with Crippen LogP contribution in [0.5, 0.6) is 0 Å². The highest BCUT2D eigenvalue weighted by Crippen LogP contribution is 2.50. The lowest BCUT2D eigenvalue weighted by atomic mass is 9.89. The molecule has 3 nitrogen and oxygen atoms in total. The summed E-state index contributed by atoms with van der Waals surface area (Å²) in [5.74, 6) is 0. The van der Waals surface area contributed by atoms with Gasteiger partial charge in [0.2, 0.25) is 0 Å². The molecule has 4 heterocycles. The Bertz CT molecular complexity index is 3400. The van der Waals surface area contributed by atoms with Crippen molar-refractivity contribution in [1.82, 2.24) is 9.47 Å². The molecule has 12 rings (SSSR count). The topological polar surface area (TPSA) is 20.5 Å². The molecular weight excluding hydrogens is 706 g/mol. The van der Waals surface area contributed by atoms with Crippen molar-refractivity contribution in [2.75, 3.05) is 7.05 Å². The normalized spacial score (nSPS) is 15.8. The third-order valence-corrected chi connectivity index (χ3v) is 14.3. The van der Waals surface area contributed by atoms with Crippen LogP contribution >= 0.6 is 34.3 Å². The molecule has 7 aromatic carbocycles. The van der Waals surface area contributed by atoms with Gasteiger partial charge in [0.25, 0.3) is 0 Å². The lowest BCUT2D eigenvalue weighted by molar-refractivity contribution is 0.438. The number of nitrogens with zero attached hydrogens (tertiary/aromatic N) is 3. The van der Waals surface area contributed by atoms with Crippen molar-refractivity contribution in [2.45, 2.75) is 18.5 Å². The van der Waals surface area contributed by atoms with E-state index < -0.39 is 5.62 Å². The number of allylic oxidation sites excluding steroid dienone is 1. The van der Waals surface area contributed by atoms with Gasteiger partial charge in [-0.15, -0.1) is 22.7 Å². The number of hydrogen-bond donors (Lipinski definition) is 0. The molecule has 1 unspecified atom stereocenters. The SMILES string of the molecule is CN1C(c2ccc(-n3c4ccc5ccccc5c4c4c5ccccc5c5sc6ccccc6c5c43)c3c2C=CCC3)=c2sc3ccccc3c2=NC1Cl. The molecule has 0 saturated heterocycles. The zero-order chi connectivity index (χ0) is 34.9. The summed E-state index contributed by atoms with van der Waals surface area (Å²) in [5.41, 5.74) is 8.29. The van der Waals surface area contributed by atoms with Gasteiger partial charge in [-0.05, 0) is 64.4 Å². The monoisotopic (exact) mass is 735 g/mol. The first-order valence-corrected chi connectivity index (χ1v) is 20.2. The number of alkyl halides is 1. The summed E-state index contributed by atoms with van der Waals surface area (Å²) in [7, 11) is 2.08. The molecule has 10 aromatic rings. The largest absolute Gasteiger partial charge is 0.339 e. The Hall–Kier alpha value is -5.46. The fraction of sp³-hybridized carbons (Fsp3) is 0.0851. The van der Waals surface area contributed by atoms with Crippen LogP contribution in [-0.2, 0) is 6.42 Å². The summed E-state index contributed by atoms with van der Waals surface area (Å²) < 4.78 is 7.70. The lowest BCUT2D eigenvalue weighted by Crippen LogP contribution is -2.40. The fourth-order valence-corrected chi connectivity index (χ4v) is 11.9. The van der Waals surface area contributed by atoms with Crippen LogP contribution in [-0.4, -0.2) is 22.1 Å². The van der Waals surface area contributed by atoms with Crippen LogP contribution in [0.2, 0.25) is 0 Å². The Labute approximate surface area is 317 Å². The minimum absolute atomic E-state index is 0.488. The van der Waals surface area contributed by atoms with Crippen LogP contribution in [0.25, 0.3) is 91.1 Å². The number of halogens is 1. The van der Waals surface area contributed by atoms with Gasteiger partial charge in [-0.2, -0.15) is 0 Å². The number of hydrogen-bond acceptors (Lipinski definition) is 4. The second kappa shape index (κ2) is 11.0. The van der Waals surface area contributed by atoms with Gasteiger partial charge in [-0.1, -0.05) is 121 Å². The molecule has 53 heavy (non-hydrogen) atoms. The van der Waals surface area contributed by atoms with E-state index in [2.05, 4.69) is 150 Å². The summed E-state index contributed by atoms with van der Waals surface area (Å²) in [6.45, 7) is 0. The van der Waals surface area contributed by atoms with Gasteiger partial charge in [0.15, 0.2) is 5.62 Å². The molecule has 1 aliphatic carbocycles. The van der Waals surface area contributed by atoms with Crippen LogP contribution in [0.1, 0.15) is 23.1 Å². The Morgan fingerprint density at radius 3 is 2.25 bits per heavy atom. The van der Waals surface area contributed by atoms with Crippen LogP contribution < -0.4 is 9.89 Å². The van der Waals surface area contributed by atoms with Crippen LogP contribution in [0, 0.1) is 0 Å². The average Bonchev–Trinajstić information content (AvgIpc) is 3.88. The second-order valence-corrected chi connectivity index (χ2v) is 16.7. The van der Waals surface area contributed by atoms with E-state index in [4.69, 9.17) is 16.6 Å². The number of thiophene rings is 2. The van der Waals surface area contributed by atoms with Gasteiger partial charge < -0.3 is 9.47 Å². The van der Waals surface area contributed by atoms with E-state index in [1.54, 1.807) is 0 Å². The van der Waals surface area contributed by atoms with Crippen molar-refractivity contribution < 1.29 is 0 Å². The molecule has 0 spiro atoms. The van der Waals surface area contributed by atoms with Crippen molar-refractivity contribution in [3.63, 3.8) is 0 Å². The van der Waals surface area contributed by atoms with Crippen molar-refractivity contribution in [1.29, 1.82) is 0 Å². The van der Waals surface area contributed by atoms with E-state index in [-0.39, 0.29) is 0 Å². The highest BCUT2D eigenvalue weighted by molar-refractivity contribution is 7.27. The van der Waals surface area contributed by atoms with E-state index in [0.29, 0.717) is 0 Å². The maximum atomic E-state index is 7.03. The standard InChI is InChI=1S/C47H30ClN3S2/c1-50-43(46-42(49-47(50)48)34-19-9-11-21-38(34)53-46)31-23-25-35(29-15-5-4-14-28(29)31)51-36-24-22-26-12-2-3-13-27(26)39(36)40-30-16-6-7-17-32(30)45-41(44(40)51)33-18-8-10-20-37(33)52-45/h2-4,6-14,16-25,47H,5,15H2,1H3. The molecule has 0 N–H and O–H groups in total. The van der Waals surface area contributed by atoms with Gasteiger partial charge >= 0.3 is 0 Å². The van der Waals surface area contributed by atoms with E-state index in [1.165, 1.54) is 101 Å². The number of benzene rings is 7. The maximum Gasteiger partial charge on any atom is 0.198 e. The van der Waals surface area contributed by atoms with Gasteiger partial charge in [-0.3, -0.25) is 0 Å². The molecule has 2 aliphatic rings. The van der Waals surface area contributed by atoms with Gasteiger partial charge in [0.1, 0.15) is 0 Å². The predicted molar refractivity (Wildman–Crippen MR) is 229 cm³/mol. The highest BCUT2D eigenvalue weighted by Gasteiger charge is 2.29. The van der Waals surface area contributed by atoms with Crippen molar-refractivity contribution in [2.24, 2.45) is 4.99 Å². The van der Waals surface area contributed by atoms with E-state index >= 15 is 0 Å². The first-order valence-electron chi connectivity index (χ1n) is 18.1. The summed E-state index contributed by atoms with van der Waals surface area (Å²) in [6.07, 6.45) is 6.64. The van der Waals surface area contributed by atoms with Crippen LogP contribution in [0.15, 0.2) is 132 Å². The summed E-state index contributed by atoms with van der Waals surface area (Å²) in [6, 6.07) is 44.9. The second-order valence-electron chi connectivity index (χ2n) is 14.2. The average molecular weight is 736 g/mol. The minimum Gasteiger partial charge on any atom is -0.339 e. The molecule has 0 amide bonds. The zero-order valence-corrected chi connectivity index (χ0v) is 31.1. The molecular formula is C47H30ClN3S2. The van der Waals surface area contributed by atoms with Crippen molar-refractivity contribution in [3.05, 3.63) is 154 Å². The van der Waals surface area contributed by atoms with E-state index in [1.807, 2.05) is 22.7 Å². The molecule has 6 heteroatoms. The first kappa shape index (κ1) is 30.0. The predicted octanol–water partition coefficient (Wildman–Crippen LogP) is 11.9. The Morgan fingerprint density at radius 2 is 1.40 bits per heavy atom.